The molecule has 0 aliphatic carbocycles. The predicted molar refractivity (Wildman–Crippen MR) is 86.7 cm³/mol. The van der Waals surface area contributed by atoms with E-state index in [0.29, 0.717) is 24.5 Å². The van der Waals surface area contributed by atoms with Gasteiger partial charge in [0.05, 0.1) is 0 Å². The smallest absolute Gasteiger partial charge is 0.314 e. The molecule has 0 fully saturated rings. The number of hydrogen-bond acceptors (Lipinski definition) is 2. The Bertz CT molecular complexity index is 463. The summed E-state index contributed by atoms with van der Waals surface area (Å²) in [6.07, 6.45) is 0.689. The number of aliphatic hydroxyl groups is 1. The molecular weight excluding hydrogens is 288 g/mol. The Kier molecular flexibility index (Phi) is 6.99. The van der Waals surface area contributed by atoms with Crippen molar-refractivity contribution >= 4 is 17.6 Å². The summed E-state index contributed by atoms with van der Waals surface area (Å²) in [6, 6.07) is 7.49. The normalized spacial score (nSPS) is 12.8. The molecule has 0 saturated carbocycles. The SMILES string of the molecule is CC(CCO)CNC(=O)NCC(C)(C)c1cccc(Cl)c1. The number of aliphatic hydroxyl groups excluding tert-OH is 1. The lowest BCUT2D eigenvalue weighted by atomic mass is 9.85. The van der Waals surface area contributed by atoms with E-state index in [1.54, 1.807) is 0 Å². The van der Waals surface area contributed by atoms with E-state index < -0.39 is 0 Å². The molecule has 1 atom stereocenters. The van der Waals surface area contributed by atoms with Gasteiger partial charge in [0.25, 0.3) is 0 Å². The van der Waals surface area contributed by atoms with E-state index in [4.69, 9.17) is 16.7 Å². The van der Waals surface area contributed by atoms with Crippen molar-refractivity contribution in [2.45, 2.75) is 32.6 Å². The van der Waals surface area contributed by atoms with Crippen molar-refractivity contribution < 1.29 is 9.90 Å². The van der Waals surface area contributed by atoms with Crippen LogP contribution in [0.5, 0.6) is 0 Å². The van der Waals surface area contributed by atoms with Gasteiger partial charge in [-0.1, -0.05) is 44.5 Å². The van der Waals surface area contributed by atoms with E-state index in [1.165, 1.54) is 0 Å². The molecule has 5 heteroatoms. The van der Waals surface area contributed by atoms with E-state index >= 15 is 0 Å². The predicted octanol–water partition coefficient (Wildman–Crippen LogP) is 2.94. The number of carbonyl (C=O) groups is 1. The highest BCUT2D eigenvalue weighted by Gasteiger charge is 2.21. The zero-order chi connectivity index (χ0) is 15.9. The van der Waals surface area contributed by atoms with Gasteiger partial charge in [-0.2, -0.15) is 0 Å². The molecule has 2 amide bonds. The Balaban J connectivity index is 2.44. The molecule has 0 bridgehead atoms. The van der Waals surface area contributed by atoms with Crippen LogP contribution in [0.15, 0.2) is 24.3 Å². The van der Waals surface area contributed by atoms with Crippen LogP contribution >= 0.6 is 11.6 Å². The quantitative estimate of drug-likeness (QED) is 0.725. The first kappa shape index (κ1) is 17.8. The molecule has 0 heterocycles. The summed E-state index contributed by atoms with van der Waals surface area (Å²) in [5, 5.41) is 15.2. The molecule has 0 saturated heterocycles. The van der Waals surface area contributed by atoms with Crippen LogP contribution in [0.1, 0.15) is 32.8 Å². The molecular formula is C16H25ClN2O2. The highest BCUT2D eigenvalue weighted by Crippen LogP contribution is 2.24. The van der Waals surface area contributed by atoms with E-state index in [2.05, 4.69) is 24.5 Å². The van der Waals surface area contributed by atoms with Crippen LogP contribution < -0.4 is 10.6 Å². The van der Waals surface area contributed by atoms with Crippen molar-refractivity contribution in [3.05, 3.63) is 34.9 Å². The number of rotatable bonds is 7. The standard InChI is InChI=1S/C16H25ClN2O2/c1-12(7-8-20)10-18-15(21)19-11-16(2,3)13-5-4-6-14(17)9-13/h4-6,9,12,20H,7-8,10-11H2,1-3H3,(H2,18,19,21). The third kappa shape index (κ3) is 6.36. The van der Waals surface area contributed by atoms with Crippen LogP contribution in [0.3, 0.4) is 0 Å². The minimum atomic E-state index is -0.195. The molecule has 0 radical (unpaired) electrons. The third-order valence-electron chi connectivity index (χ3n) is 3.53. The Morgan fingerprint density at radius 2 is 2.10 bits per heavy atom. The van der Waals surface area contributed by atoms with Crippen molar-refractivity contribution in [3.63, 3.8) is 0 Å². The number of amides is 2. The summed E-state index contributed by atoms with van der Waals surface area (Å²) < 4.78 is 0. The van der Waals surface area contributed by atoms with Gasteiger partial charge in [-0.15, -0.1) is 0 Å². The van der Waals surface area contributed by atoms with Gasteiger partial charge >= 0.3 is 6.03 Å². The van der Waals surface area contributed by atoms with Crippen molar-refractivity contribution in [2.24, 2.45) is 5.92 Å². The first-order valence-corrected chi connectivity index (χ1v) is 7.61. The zero-order valence-corrected chi connectivity index (χ0v) is 13.7. The van der Waals surface area contributed by atoms with Gasteiger partial charge in [-0.3, -0.25) is 0 Å². The Morgan fingerprint density at radius 1 is 1.38 bits per heavy atom. The van der Waals surface area contributed by atoms with Crippen LogP contribution in [0.25, 0.3) is 0 Å². The largest absolute Gasteiger partial charge is 0.396 e. The highest BCUT2D eigenvalue weighted by atomic mass is 35.5. The van der Waals surface area contributed by atoms with E-state index in [1.807, 2.05) is 31.2 Å². The lowest BCUT2D eigenvalue weighted by Crippen LogP contribution is -2.43. The topological polar surface area (TPSA) is 61.4 Å². The molecule has 4 nitrogen and oxygen atoms in total. The maximum Gasteiger partial charge on any atom is 0.314 e. The molecule has 0 aliphatic rings. The van der Waals surface area contributed by atoms with E-state index in [9.17, 15) is 4.79 Å². The number of hydrogen-bond donors (Lipinski definition) is 3. The first-order valence-electron chi connectivity index (χ1n) is 7.24. The fourth-order valence-electron chi connectivity index (χ4n) is 1.96. The summed E-state index contributed by atoms with van der Waals surface area (Å²) in [7, 11) is 0. The summed E-state index contributed by atoms with van der Waals surface area (Å²) in [4.78, 5) is 11.8. The fourth-order valence-corrected chi connectivity index (χ4v) is 2.15. The molecule has 118 valence electrons. The van der Waals surface area contributed by atoms with Crippen LogP contribution in [0.4, 0.5) is 4.79 Å². The molecule has 1 rings (SSSR count). The van der Waals surface area contributed by atoms with Crippen LogP contribution in [-0.2, 0) is 5.41 Å². The van der Waals surface area contributed by atoms with Gasteiger partial charge in [0.15, 0.2) is 0 Å². The van der Waals surface area contributed by atoms with Crippen LogP contribution in [0.2, 0.25) is 5.02 Å². The minimum Gasteiger partial charge on any atom is -0.396 e. The van der Waals surface area contributed by atoms with Crippen molar-refractivity contribution in [2.75, 3.05) is 19.7 Å². The summed E-state index contributed by atoms with van der Waals surface area (Å²) in [6.45, 7) is 7.34. The van der Waals surface area contributed by atoms with E-state index in [-0.39, 0.29) is 24.0 Å². The average Bonchev–Trinajstić information content (AvgIpc) is 2.43. The van der Waals surface area contributed by atoms with Crippen molar-refractivity contribution in [3.8, 4) is 0 Å². The molecule has 1 aromatic carbocycles. The summed E-state index contributed by atoms with van der Waals surface area (Å²) >= 11 is 6.01. The minimum absolute atomic E-state index is 0.145. The second-order valence-corrected chi connectivity index (χ2v) is 6.51. The Morgan fingerprint density at radius 3 is 2.71 bits per heavy atom. The van der Waals surface area contributed by atoms with Gasteiger partial charge in [-0.25, -0.2) is 4.79 Å². The number of nitrogens with one attached hydrogen (secondary N) is 2. The summed E-state index contributed by atoms with van der Waals surface area (Å²) in [5.74, 6) is 0.265. The number of urea groups is 1. The second kappa shape index (κ2) is 8.25. The van der Waals surface area contributed by atoms with Crippen LogP contribution in [-0.4, -0.2) is 30.8 Å². The molecule has 3 N–H and O–H groups in total. The van der Waals surface area contributed by atoms with Gasteiger partial charge in [-0.05, 0) is 30.0 Å². The highest BCUT2D eigenvalue weighted by molar-refractivity contribution is 6.30. The number of carbonyl (C=O) groups excluding carboxylic acids is 1. The van der Waals surface area contributed by atoms with E-state index in [0.717, 1.165) is 5.56 Å². The van der Waals surface area contributed by atoms with Gasteiger partial charge in [0, 0.05) is 30.1 Å². The van der Waals surface area contributed by atoms with Gasteiger partial charge in [0.1, 0.15) is 0 Å². The lowest BCUT2D eigenvalue weighted by molar-refractivity contribution is 0.232. The molecule has 0 spiro atoms. The van der Waals surface area contributed by atoms with Crippen molar-refractivity contribution in [1.82, 2.24) is 10.6 Å². The number of benzene rings is 1. The molecule has 0 aromatic heterocycles. The maximum atomic E-state index is 11.8. The average molecular weight is 313 g/mol. The lowest BCUT2D eigenvalue weighted by Gasteiger charge is -2.26. The Hall–Kier alpha value is -1.26. The van der Waals surface area contributed by atoms with Gasteiger partial charge < -0.3 is 15.7 Å². The van der Waals surface area contributed by atoms with Crippen LogP contribution in [0, 0.1) is 5.92 Å². The Labute approximate surface area is 131 Å². The molecule has 0 aliphatic heterocycles. The third-order valence-corrected chi connectivity index (χ3v) is 3.77. The second-order valence-electron chi connectivity index (χ2n) is 6.08. The first-order chi connectivity index (χ1) is 9.85. The van der Waals surface area contributed by atoms with Crippen molar-refractivity contribution in [1.29, 1.82) is 0 Å². The fraction of sp³-hybridized carbons (Fsp3) is 0.562. The van der Waals surface area contributed by atoms with Gasteiger partial charge in [0.2, 0.25) is 0 Å². The summed E-state index contributed by atoms with van der Waals surface area (Å²) in [5.41, 5.74) is 0.892. The monoisotopic (exact) mass is 312 g/mol. The number of halogens is 1. The zero-order valence-electron chi connectivity index (χ0n) is 12.9. The molecule has 21 heavy (non-hydrogen) atoms. The maximum absolute atomic E-state index is 11.8. The molecule has 1 unspecified atom stereocenters. The molecule has 1 aromatic rings.